The maximum absolute atomic E-state index is 8.59. The Morgan fingerprint density at radius 1 is 1.53 bits per heavy atom. The van der Waals surface area contributed by atoms with E-state index in [4.69, 9.17) is 9.94 Å². The Hall–Kier alpha value is -0.0700. The van der Waals surface area contributed by atoms with Gasteiger partial charge in [0, 0.05) is 15.9 Å². The van der Waals surface area contributed by atoms with Crippen LogP contribution in [-0.4, -0.2) is 23.7 Å². The summed E-state index contributed by atoms with van der Waals surface area (Å²) in [6.45, 7) is 2.16. The summed E-state index contributed by atoms with van der Waals surface area (Å²) in [6, 6.07) is 6.10. The summed E-state index contributed by atoms with van der Waals surface area (Å²) < 4.78 is 6.21. The molecule has 1 fully saturated rings. The number of thioether (sulfide) groups is 1. The van der Waals surface area contributed by atoms with E-state index in [1.165, 1.54) is 4.90 Å². The van der Waals surface area contributed by atoms with Crippen molar-refractivity contribution >= 4 is 27.7 Å². The van der Waals surface area contributed by atoms with Gasteiger partial charge in [-0.15, -0.1) is 11.8 Å². The maximum atomic E-state index is 8.59. The third kappa shape index (κ3) is 2.95. The molecule has 1 aromatic rings. The van der Waals surface area contributed by atoms with Gasteiger partial charge in [-0.05, 0) is 33.6 Å². The molecule has 1 aliphatic rings. The van der Waals surface area contributed by atoms with Crippen LogP contribution in [0.2, 0.25) is 0 Å². The van der Waals surface area contributed by atoms with Gasteiger partial charge in [-0.3, -0.25) is 0 Å². The first-order valence-corrected chi connectivity index (χ1v) is 6.36. The molecule has 5 heteroatoms. The van der Waals surface area contributed by atoms with Crippen molar-refractivity contribution in [3.63, 3.8) is 0 Å². The quantitative estimate of drug-likeness (QED) is 0.836. The van der Waals surface area contributed by atoms with Gasteiger partial charge in [-0.1, -0.05) is 6.07 Å². The van der Waals surface area contributed by atoms with E-state index in [2.05, 4.69) is 27.5 Å². The van der Waals surface area contributed by atoms with Gasteiger partial charge >= 0.3 is 0 Å². The molecule has 0 atom stereocenters. The van der Waals surface area contributed by atoms with Crippen molar-refractivity contribution in [2.75, 3.05) is 13.2 Å². The molecule has 1 heterocycles. The molecule has 0 unspecified atom stereocenters. The minimum absolute atomic E-state index is 0.468. The molecular weight excluding hydrogens is 278 g/mol. The Bertz CT molecular complexity index is 344. The van der Waals surface area contributed by atoms with Gasteiger partial charge < -0.3 is 9.94 Å². The summed E-state index contributed by atoms with van der Waals surface area (Å²) in [5.41, 5.74) is 3.20. The molecule has 0 amide bonds. The number of hydroxylamine groups is 1. The van der Waals surface area contributed by atoms with Crippen LogP contribution >= 0.6 is 27.7 Å². The number of halogens is 1. The molecular formula is C10H12BrNO2S. The number of rotatable bonds is 4. The monoisotopic (exact) mass is 289 g/mol. The molecule has 0 bridgehead atoms. The molecule has 0 spiro atoms. The molecule has 3 nitrogen and oxygen atoms in total. The lowest BCUT2D eigenvalue weighted by molar-refractivity contribution is 0.0455. The van der Waals surface area contributed by atoms with Gasteiger partial charge in [0.1, 0.15) is 0 Å². The number of hydrogen-bond donors (Lipinski definition) is 2. The first-order chi connectivity index (χ1) is 7.29. The fraction of sp³-hybridized carbons (Fsp3) is 0.400. The van der Waals surface area contributed by atoms with Crippen LogP contribution in [0.4, 0.5) is 0 Å². The highest BCUT2D eigenvalue weighted by molar-refractivity contribution is 9.10. The topological polar surface area (TPSA) is 41.5 Å². The van der Waals surface area contributed by atoms with Crippen LogP contribution in [0.1, 0.15) is 5.56 Å². The zero-order chi connectivity index (χ0) is 10.7. The van der Waals surface area contributed by atoms with Crippen molar-refractivity contribution in [1.29, 1.82) is 0 Å². The third-order valence-electron chi connectivity index (χ3n) is 2.18. The van der Waals surface area contributed by atoms with Gasteiger partial charge in [0.05, 0.1) is 18.5 Å². The highest BCUT2D eigenvalue weighted by Crippen LogP contribution is 2.33. The normalized spacial score (nSPS) is 16.4. The predicted molar refractivity (Wildman–Crippen MR) is 63.2 cm³/mol. The fourth-order valence-electron chi connectivity index (χ4n) is 1.30. The van der Waals surface area contributed by atoms with Gasteiger partial charge in [0.15, 0.2) is 0 Å². The average Bonchev–Trinajstić information content (AvgIpc) is 2.14. The van der Waals surface area contributed by atoms with E-state index < -0.39 is 0 Å². The van der Waals surface area contributed by atoms with Crippen LogP contribution < -0.4 is 5.48 Å². The molecule has 0 radical (unpaired) electrons. The van der Waals surface area contributed by atoms with E-state index in [1.807, 2.05) is 23.9 Å². The zero-order valence-corrected chi connectivity index (χ0v) is 10.5. The molecule has 1 aliphatic heterocycles. The minimum atomic E-state index is 0.468. The standard InChI is InChI=1S/C10H12BrNO2S/c11-9-3-7(4-12-13)1-2-10(9)15-8-5-14-6-8/h1-3,8,12-13H,4-6H2. The van der Waals surface area contributed by atoms with Crippen LogP contribution in [0.3, 0.4) is 0 Å². The second kappa shape index (κ2) is 5.32. The fourth-order valence-corrected chi connectivity index (χ4v) is 3.02. The van der Waals surface area contributed by atoms with Gasteiger partial charge in [-0.25, -0.2) is 5.48 Å². The highest BCUT2D eigenvalue weighted by atomic mass is 79.9. The Kier molecular flexibility index (Phi) is 4.05. The van der Waals surface area contributed by atoms with E-state index in [1.54, 1.807) is 0 Å². The van der Waals surface area contributed by atoms with E-state index in [0.717, 1.165) is 23.2 Å². The third-order valence-corrected chi connectivity index (χ3v) is 4.31. The van der Waals surface area contributed by atoms with E-state index >= 15 is 0 Å². The number of nitrogens with one attached hydrogen (secondary N) is 1. The first kappa shape index (κ1) is 11.4. The van der Waals surface area contributed by atoms with Crippen LogP contribution in [-0.2, 0) is 11.3 Å². The van der Waals surface area contributed by atoms with Crippen LogP contribution in [0, 0.1) is 0 Å². The Morgan fingerprint density at radius 3 is 2.87 bits per heavy atom. The lowest BCUT2D eigenvalue weighted by Crippen LogP contribution is -2.30. The smallest absolute Gasteiger partial charge is 0.0611 e. The van der Waals surface area contributed by atoms with Crippen molar-refractivity contribution in [3.05, 3.63) is 28.2 Å². The van der Waals surface area contributed by atoms with Gasteiger partial charge in [0.25, 0.3) is 0 Å². The summed E-state index contributed by atoms with van der Waals surface area (Å²) in [7, 11) is 0. The molecule has 0 aliphatic carbocycles. The summed E-state index contributed by atoms with van der Waals surface area (Å²) in [5, 5.41) is 9.17. The molecule has 82 valence electrons. The van der Waals surface area contributed by atoms with E-state index in [-0.39, 0.29) is 0 Å². The van der Waals surface area contributed by atoms with Gasteiger partial charge in [0.2, 0.25) is 0 Å². The Balaban J connectivity index is 2.04. The Morgan fingerprint density at radius 2 is 2.33 bits per heavy atom. The molecule has 0 aromatic heterocycles. The maximum Gasteiger partial charge on any atom is 0.0611 e. The van der Waals surface area contributed by atoms with Crippen molar-refractivity contribution in [2.45, 2.75) is 16.7 Å². The van der Waals surface area contributed by atoms with Crippen LogP contribution in [0.25, 0.3) is 0 Å². The van der Waals surface area contributed by atoms with E-state index in [9.17, 15) is 0 Å². The molecule has 1 aromatic carbocycles. The van der Waals surface area contributed by atoms with Crippen molar-refractivity contribution in [3.8, 4) is 0 Å². The second-order valence-corrected chi connectivity index (χ2v) is 5.57. The summed E-state index contributed by atoms with van der Waals surface area (Å²) in [4.78, 5) is 1.23. The number of ether oxygens (including phenoxy) is 1. The van der Waals surface area contributed by atoms with E-state index in [0.29, 0.717) is 11.8 Å². The Labute approximate surface area is 101 Å². The lowest BCUT2D eigenvalue weighted by atomic mass is 10.2. The van der Waals surface area contributed by atoms with Crippen molar-refractivity contribution < 1.29 is 9.94 Å². The zero-order valence-electron chi connectivity index (χ0n) is 8.07. The molecule has 15 heavy (non-hydrogen) atoms. The summed E-state index contributed by atoms with van der Waals surface area (Å²) >= 11 is 5.36. The molecule has 0 saturated carbocycles. The SMILES string of the molecule is ONCc1ccc(SC2COC2)c(Br)c1. The van der Waals surface area contributed by atoms with Crippen LogP contribution in [0.15, 0.2) is 27.6 Å². The average molecular weight is 290 g/mol. The number of benzene rings is 1. The first-order valence-electron chi connectivity index (χ1n) is 4.69. The van der Waals surface area contributed by atoms with Crippen molar-refractivity contribution in [2.24, 2.45) is 0 Å². The van der Waals surface area contributed by atoms with Crippen LogP contribution in [0.5, 0.6) is 0 Å². The lowest BCUT2D eigenvalue weighted by Gasteiger charge is -2.25. The summed E-state index contributed by atoms with van der Waals surface area (Å²) in [6.07, 6.45) is 0. The second-order valence-electron chi connectivity index (χ2n) is 3.38. The highest BCUT2D eigenvalue weighted by Gasteiger charge is 2.20. The largest absolute Gasteiger partial charge is 0.379 e. The molecule has 2 rings (SSSR count). The summed E-state index contributed by atoms with van der Waals surface area (Å²) in [5.74, 6) is 0. The van der Waals surface area contributed by atoms with Gasteiger partial charge in [-0.2, -0.15) is 0 Å². The minimum Gasteiger partial charge on any atom is -0.379 e. The predicted octanol–water partition coefficient (Wildman–Crippen LogP) is 2.42. The molecule has 1 saturated heterocycles. The number of hydrogen-bond acceptors (Lipinski definition) is 4. The molecule has 2 N–H and O–H groups in total. The van der Waals surface area contributed by atoms with Crippen molar-refractivity contribution in [1.82, 2.24) is 5.48 Å².